The molecule has 2 aromatic rings. The molecule has 1 saturated heterocycles. The maximum Gasteiger partial charge on any atom is 0.247 e. The molecule has 1 aliphatic carbocycles. The number of carbonyl (C=O) groups is 3. The van der Waals surface area contributed by atoms with Crippen molar-refractivity contribution in [1.29, 1.82) is 0 Å². The molecule has 3 amide bonds. The number of nitrogens with one attached hydrogen (secondary N) is 3. The summed E-state index contributed by atoms with van der Waals surface area (Å²) in [6.07, 6.45) is 5.61. The van der Waals surface area contributed by atoms with Crippen LogP contribution in [0.25, 0.3) is 10.2 Å². The third kappa shape index (κ3) is 9.23. The number of halogens is 1. The molecule has 1 aromatic carbocycles. The number of hydrogen-bond acceptors (Lipinski definition) is 8. The van der Waals surface area contributed by atoms with Crippen molar-refractivity contribution in [3.05, 3.63) is 40.4 Å². The van der Waals surface area contributed by atoms with E-state index in [9.17, 15) is 22.8 Å². The maximum atomic E-state index is 13.7. The first kappa shape index (κ1) is 32.4. The number of sulfone groups is 1. The summed E-state index contributed by atoms with van der Waals surface area (Å²) in [5.74, 6) is -0.509. The lowest BCUT2D eigenvalue weighted by Gasteiger charge is -2.32. The van der Waals surface area contributed by atoms with Crippen LogP contribution in [0.4, 0.5) is 0 Å². The third-order valence-electron chi connectivity index (χ3n) is 7.95. The minimum absolute atomic E-state index is 0.0815. The van der Waals surface area contributed by atoms with Crippen LogP contribution >= 0.6 is 22.9 Å². The SMILES string of the molecule is C=C(CN1CCS(=O)(=O)CC1)C(=O)NC[C@@H](NC(=O)[C@H](Cc1nc2ccc(Cl)cc2s1)NC(=O)CC)C1CCCCC1. The van der Waals surface area contributed by atoms with Crippen LogP contribution in [0, 0.1) is 5.92 Å². The molecule has 13 heteroatoms. The van der Waals surface area contributed by atoms with Crippen molar-refractivity contribution < 1.29 is 22.8 Å². The van der Waals surface area contributed by atoms with Gasteiger partial charge in [0.1, 0.15) is 6.04 Å². The second-order valence-electron chi connectivity index (χ2n) is 11.2. The molecular formula is C29H40ClN5O5S2. The van der Waals surface area contributed by atoms with Gasteiger partial charge in [0.05, 0.1) is 26.7 Å². The van der Waals surface area contributed by atoms with Crippen molar-refractivity contribution in [3.8, 4) is 0 Å². The van der Waals surface area contributed by atoms with Crippen molar-refractivity contribution >= 4 is 60.7 Å². The summed E-state index contributed by atoms with van der Waals surface area (Å²) in [5.41, 5.74) is 1.14. The van der Waals surface area contributed by atoms with E-state index in [2.05, 4.69) is 27.5 Å². The van der Waals surface area contributed by atoms with E-state index in [0.29, 0.717) is 35.2 Å². The fourth-order valence-electron chi connectivity index (χ4n) is 5.45. The number of thiazole rings is 1. The summed E-state index contributed by atoms with van der Waals surface area (Å²) >= 11 is 7.57. The largest absolute Gasteiger partial charge is 0.350 e. The summed E-state index contributed by atoms with van der Waals surface area (Å²) < 4.78 is 24.3. The van der Waals surface area contributed by atoms with Gasteiger partial charge in [-0.25, -0.2) is 13.4 Å². The van der Waals surface area contributed by atoms with Crippen LogP contribution in [-0.4, -0.2) is 85.8 Å². The number of rotatable bonds is 12. The molecule has 0 spiro atoms. The summed E-state index contributed by atoms with van der Waals surface area (Å²) in [6.45, 7) is 6.94. The van der Waals surface area contributed by atoms with Gasteiger partial charge in [-0.3, -0.25) is 19.3 Å². The number of hydrogen-bond donors (Lipinski definition) is 3. The topological polar surface area (TPSA) is 138 Å². The number of benzene rings is 1. The van der Waals surface area contributed by atoms with Crippen LogP contribution in [0.3, 0.4) is 0 Å². The van der Waals surface area contributed by atoms with Gasteiger partial charge in [0.15, 0.2) is 9.84 Å². The van der Waals surface area contributed by atoms with Gasteiger partial charge < -0.3 is 16.0 Å². The summed E-state index contributed by atoms with van der Waals surface area (Å²) in [5, 5.41) is 10.3. The molecule has 2 heterocycles. The van der Waals surface area contributed by atoms with Crippen LogP contribution in [0.1, 0.15) is 50.5 Å². The highest BCUT2D eigenvalue weighted by Crippen LogP contribution is 2.28. The van der Waals surface area contributed by atoms with Crippen LogP contribution in [0.2, 0.25) is 5.02 Å². The highest BCUT2D eigenvalue weighted by molar-refractivity contribution is 7.91. The van der Waals surface area contributed by atoms with E-state index in [1.807, 2.05) is 17.0 Å². The van der Waals surface area contributed by atoms with E-state index in [0.717, 1.165) is 42.3 Å². The Morgan fingerprint density at radius 3 is 2.55 bits per heavy atom. The molecule has 10 nitrogen and oxygen atoms in total. The summed E-state index contributed by atoms with van der Waals surface area (Å²) in [7, 11) is -3.01. The Bertz CT molecular complexity index is 1390. The van der Waals surface area contributed by atoms with Crippen molar-refractivity contribution in [2.45, 2.75) is 64.0 Å². The summed E-state index contributed by atoms with van der Waals surface area (Å²) in [4.78, 5) is 45.5. The molecular weight excluding hydrogens is 598 g/mol. The average molecular weight is 638 g/mol. The molecule has 230 valence electrons. The smallest absolute Gasteiger partial charge is 0.247 e. The standard InChI is InChI=1S/C29H40ClN5O5S2/c1-3-26(36)32-23(16-27-33-22-10-9-21(30)15-25(22)41-27)29(38)34-24(20-7-5-4-6-8-20)17-31-28(37)19(2)18-35-11-13-42(39,40)14-12-35/h9-10,15,20,23-24H,2-8,11-14,16-18H2,1H3,(H,31,37)(H,32,36)(H,34,38)/t23-,24+/m0/s1. The molecule has 3 N–H and O–H groups in total. The number of aromatic nitrogens is 1. The van der Waals surface area contributed by atoms with Gasteiger partial charge in [0.2, 0.25) is 17.7 Å². The number of amides is 3. The number of nitrogens with zero attached hydrogens (tertiary/aromatic N) is 2. The van der Waals surface area contributed by atoms with Crippen LogP contribution in [0.5, 0.6) is 0 Å². The van der Waals surface area contributed by atoms with E-state index in [-0.39, 0.29) is 60.6 Å². The van der Waals surface area contributed by atoms with Gasteiger partial charge in [-0.15, -0.1) is 11.3 Å². The molecule has 4 rings (SSSR count). The van der Waals surface area contributed by atoms with Gasteiger partial charge in [0, 0.05) is 55.7 Å². The third-order valence-corrected chi connectivity index (χ3v) is 10.8. The maximum absolute atomic E-state index is 13.7. The first-order chi connectivity index (χ1) is 20.0. The van der Waals surface area contributed by atoms with Gasteiger partial charge in [-0.05, 0) is 37.0 Å². The lowest BCUT2D eigenvalue weighted by molar-refractivity contribution is -0.129. The highest BCUT2D eigenvalue weighted by Gasteiger charge is 2.30. The monoisotopic (exact) mass is 637 g/mol. The molecule has 0 bridgehead atoms. The zero-order valence-electron chi connectivity index (χ0n) is 24.0. The molecule has 0 unspecified atom stereocenters. The molecule has 1 aliphatic heterocycles. The van der Waals surface area contributed by atoms with Crippen LogP contribution in [0.15, 0.2) is 30.4 Å². The second kappa shape index (κ2) is 14.8. The predicted molar refractivity (Wildman–Crippen MR) is 166 cm³/mol. The van der Waals surface area contributed by atoms with Crippen molar-refractivity contribution in [2.75, 3.05) is 37.7 Å². The summed E-state index contributed by atoms with van der Waals surface area (Å²) in [6, 6.07) is 4.30. The quantitative estimate of drug-likeness (QED) is 0.304. The lowest BCUT2D eigenvalue weighted by Crippen LogP contribution is -2.55. The molecule has 42 heavy (non-hydrogen) atoms. The Balaban J connectivity index is 1.41. The second-order valence-corrected chi connectivity index (χ2v) is 15.0. The fourth-order valence-corrected chi connectivity index (χ4v) is 8.01. The molecule has 2 atom stereocenters. The van der Waals surface area contributed by atoms with E-state index in [1.165, 1.54) is 11.3 Å². The van der Waals surface area contributed by atoms with E-state index >= 15 is 0 Å². The van der Waals surface area contributed by atoms with Gasteiger partial charge in [0.25, 0.3) is 0 Å². The normalized spacial score (nSPS) is 19.1. The van der Waals surface area contributed by atoms with Crippen molar-refractivity contribution in [2.24, 2.45) is 5.92 Å². The minimum atomic E-state index is -3.01. The van der Waals surface area contributed by atoms with Crippen molar-refractivity contribution in [1.82, 2.24) is 25.8 Å². The lowest BCUT2D eigenvalue weighted by atomic mass is 9.83. The van der Waals surface area contributed by atoms with Crippen LogP contribution in [-0.2, 0) is 30.6 Å². The Morgan fingerprint density at radius 2 is 1.86 bits per heavy atom. The highest BCUT2D eigenvalue weighted by atomic mass is 35.5. The first-order valence-corrected chi connectivity index (χ1v) is 17.6. The zero-order valence-corrected chi connectivity index (χ0v) is 26.4. The van der Waals surface area contributed by atoms with Crippen molar-refractivity contribution in [3.63, 3.8) is 0 Å². The van der Waals surface area contributed by atoms with Gasteiger partial charge in [-0.2, -0.15) is 0 Å². The van der Waals surface area contributed by atoms with E-state index in [4.69, 9.17) is 11.6 Å². The Hall–Kier alpha value is -2.54. The Kier molecular flexibility index (Phi) is 11.4. The number of fused-ring (bicyclic) bond motifs is 1. The molecule has 1 aromatic heterocycles. The average Bonchev–Trinajstić information content (AvgIpc) is 3.37. The van der Waals surface area contributed by atoms with E-state index < -0.39 is 15.9 Å². The predicted octanol–water partition coefficient (Wildman–Crippen LogP) is 2.85. The Morgan fingerprint density at radius 1 is 1.14 bits per heavy atom. The first-order valence-electron chi connectivity index (χ1n) is 14.6. The molecule has 2 aliphatic rings. The molecule has 2 fully saturated rings. The van der Waals surface area contributed by atoms with Gasteiger partial charge >= 0.3 is 0 Å². The number of carbonyl (C=O) groups excluding carboxylic acids is 3. The molecule has 0 radical (unpaired) electrons. The zero-order chi connectivity index (χ0) is 30.3. The molecule has 1 saturated carbocycles. The minimum Gasteiger partial charge on any atom is -0.350 e. The van der Waals surface area contributed by atoms with Crippen LogP contribution < -0.4 is 16.0 Å². The Labute approximate surface area is 256 Å². The van der Waals surface area contributed by atoms with Gasteiger partial charge in [-0.1, -0.05) is 44.4 Å². The fraction of sp³-hybridized carbons (Fsp3) is 0.586. The van der Waals surface area contributed by atoms with E-state index in [1.54, 1.807) is 13.0 Å².